The summed E-state index contributed by atoms with van der Waals surface area (Å²) in [6.07, 6.45) is 0. The Bertz CT molecular complexity index is 1930. The molecule has 47 heavy (non-hydrogen) atoms. The molecule has 4 aromatic carbocycles. The zero-order chi connectivity index (χ0) is 33.0. The Balaban J connectivity index is 0.00000147. The summed E-state index contributed by atoms with van der Waals surface area (Å²) in [6, 6.07) is 24.2. The smallest absolute Gasteiger partial charge is 0.748 e. The summed E-state index contributed by atoms with van der Waals surface area (Å²) < 4.78 is 69.7. The van der Waals surface area contributed by atoms with E-state index < -0.39 is 30.1 Å². The molecule has 0 saturated heterocycles. The van der Waals surface area contributed by atoms with Crippen LogP contribution in [0.2, 0.25) is 0 Å². The van der Waals surface area contributed by atoms with E-state index in [-0.39, 0.29) is 64.8 Å². The zero-order valence-electron chi connectivity index (χ0n) is 25.3. The minimum atomic E-state index is -4.61. The van der Waals surface area contributed by atoms with Gasteiger partial charge in [0.15, 0.2) is 0 Å². The molecule has 0 aliphatic carbocycles. The third-order valence-corrected chi connectivity index (χ3v) is 6.06. The molecule has 0 aliphatic rings. The minimum absolute atomic E-state index is 0. The van der Waals surface area contributed by atoms with Crippen molar-refractivity contribution in [2.75, 3.05) is 24.9 Å². The van der Waals surface area contributed by atoms with E-state index in [4.69, 9.17) is 22.8 Å². The second-order valence-electron chi connectivity index (χ2n) is 8.39. The molecule has 0 aliphatic heterocycles. The molecule has 4 rings (SSSR count). The van der Waals surface area contributed by atoms with Crippen LogP contribution in [0.15, 0.2) is 110 Å². The predicted molar refractivity (Wildman–Crippen MR) is 166 cm³/mol. The second kappa shape index (κ2) is 19.8. The maximum absolute atomic E-state index is 12.7. The van der Waals surface area contributed by atoms with Gasteiger partial charge in [0, 0.05) is 12.1 Å². The predicted octanol–water partition coefficient (Wildman–Crippen LogP) is 0.227. The first-order valence-electron chi connectivity index (χ1n) is 12.2. The quantitative estimate of drug-likeness (QED) is 0.0924. The second-order valence-corrected chi connectivity index (χ2v) is 11.9. The zero-order valence-corrected chi connectivity index (χ0v) is 31.8. The molecule has 0 fully saturated rings. The molecule has 0 bridgehead atoms. The molecular formula is C27H23N6Na2O9S3-. The van der Waals surface area contributed by atoms with Gasteiger partial charge in [-0.25, -0.2) is 22.5 Å². The first kappa shape index (κ1) is 42.2. The van der Waals surface area contributed by atoms with Crippen molar-refractivity contribution in [1.29, 1.82) is 0 Å². The maximum atomic E-state index is 12.7. The van der Waals surface area contributed by atoms with E-state index in [1.807, 2.05) is 0 Å². The summed E-state index contributed by atoms with van der Waals surface area (Å²) in [5, 5.41) is 21.7. The van der Waals surface area contributed by atoms with Crippen LogP contribution in [0.25, 0.3) is 0 Å². The van der Waals surface area contributed by atoms with Gasteiger partial charge in [-0.05, 0) is 59.3 Å². The molecular weight excluding hydrogens is 695 g/mol. The minimum Gasteiger partial charge on any atom is -0.748 e. The van der Waals surface area contributed by atoms with Crippen LogP contribution in [0.5, 0.6) is 11.5 Å². The van der Waals surface area contributed by atoms with Gasteiger partial charge in [0.1, 0.15) is 21.6 Å². The van der Waals surface area contributed by atoms with E-state index in [1.54, 1.807) is 54.6 Å². The number of hydrogen-bond acceptors (Lipinski definition) is 13. The Labute approximate surface area is 319 Å². The van der Waals surface area contributed by atoms with Crippen molar-refractivity contribution < 1.29 is 99.7 Å². The number of carbonyl (C=O) groups excluding carboxylic acids is 1. The van der Waals surface area contributed by atoms with Crippen LogP contribution in [-0.4, -0.2) is 46.5 Å². The largest absolute Gasteiger partial charge is 1.00 e. The topological polar surface area (TPSA) is 227 Å². The fourth-order valence-corrected chi connectivity index (χ4v) is 3.86. The Morgan fingerprint density at radius 1 is 0.766 bits per heavy atom. The van der Waals surface area contributed by atoms with Crippen LogP contribution < -0.4 is 79.2 Å². The van der Waals surface area contributed by atoms with Gasteiger partial charge in [-0.3, -0.25) is 0 Å². The number of urea groups is 1. The van der Waals surface area contributed by atoms with Crippen molar-refractivity contribution in [2.24, 2.45) is 20.5 Å². The average molecular weight is 718 g/mol. The number of ether oxygens (including phenoxy) is 2. The molecule has 3 N–H and O–H groups in total. The molecule has 2 amide bonds. The maximum Gasteiger partial charge on any atom is 1.00 e. The summed E-state index contributed by atoms with van der Waals surface area (Å²) in [5.74, 6) is 0.672. The van der Waals surface area contributed by atoms with Crippen molar-refractivity contribution in [3.05, 3.63) is 91.0 Å². The standard InChI is InChI=1S/C27H23N6O6S.2Na.H2O3S2/c1-38-25-16-20(32-30-18-7-4-3-5-8-18)11-13-23(25)28-27(34)29-24-14-12-21(17-26(24)39-2)33-31-19-9-6-10-22(15-19)40(35,36)37;;;1-5(2,3)4/h3-4,6-17H,1-2H3,(H2,28,29,34)(H,35,36,37);;;(H2,1,2,3,4)/q-1;2*+1;/p-2. The molecule has 15 nitrogen and oxygen atoms in total. The van der Waals surface area contributed by atoms with Gasteiger partial charge in [0.05, 0.1) is 56.6 Å². The molecule has 0 heterocycles. The summed E-state index contributed by atoms with van der Waals surface area (Å²) >= 11 is 3.35. The molecule has 0 saturated carbocycles. The average Bonchev–Trinajstić information content (AvgIpc) is 2.99. The van der Waals surface area contributed by atoms with Crippen molar-refractivity contribution in [1.82, 2.24) is 0 Å². The Morgan fingerprint density at radius 2 is 1.21 bits per heavy atom. The number of nitrogens with zero attached hydrogens (tertiary/aromatic N) is 4. The Hall–Kier alpha value is -2.85. The SMILES string of the molecule is COc1cc(N=Nc2c[c-]ccc2)ccc1NC(=O)Nc1ccc(N=Nc2cccc(S(=O)(=O)[O-])c2)cc1OC.O=S([O-])(O)=S.[Na+].[Na+]. The number of hydrogen-bond donors (Lipinski definition) is 3. The number of methoxy groups -OCH3 is 2. The van der Waals surface area contributed by atoms with Crippen molar-refractivity contribution in [3.8, 4) is 11.5 Å². The number of nitrogens with one attached hydrogen (secondary N) is 2. The number of amides is 2. The van der Waals surface area contributed by atoms with Crippen molar-refractivity contribution in [3.63, 3.8) is 0 Å². The number of rotatable bonds is 9. The summed E-state index contributed by atoms with van der Waals surface area (Å²) in [6.45, 7) is 0. The molecule has 1 unspecified atom stereocenters. The molecule has 0 radical (unpaired) electrons. The molecule has 0 spiro atoms. The number of carbonyl (C=O) groups is 1. The third kappa shape index (κ3) is 15.3. The fourth-order valence-electron chi connectivity index (χ4n) is 3.34. The number of anilines is 2. The first-order chi connectivity index (χ1) is 21.2. The van der Waals surface area contributed by atoms with Crippen molar-refractivity contribution in [2.45, 2.75) is 4.90 Å². The van der Waals surface area contributed by atoms with Gasteiger partial charge in [0.2, 0.25) is 0 Å². The van der Waals surface area contributed by atoms with E-state index in [0.29, 0.717) is 39.9 Å². The summed E-state index contributed by atoms with van der Waals surface area (Å²) in [7, 11) is -5.81. The summed E-state index contributed by atoms with van der Waals surface area (Å²) in [4.78, 5) is 12.3. The van der Waals surface area contributed by atoms with E-state index >= 15 is 0 Å². The van der Waals surface area contributed by atoms with Gasteiger partial charge < -0.3 is 33.8 Å². The van der Waals surface area contributed by atoms with Crippen LogP contribution in [0.3, 0.4) is 0 Å². The van der Waals surface area contributed by atoms with Gasteiger partial charge in [-0.15, -0.1) is 6.07 Å². The van der Waals surface area contributed by atoms with Gasteiger partial charge >= 0.3 is 65.1 Å². The van der Waals surface area contributed by atoms with Crippen LogP contribution in [0, 0.1) is 6.07 Å². The first-order valence-corrected chi connectivity index (χ1v) is 16.0. The van der Waals surface area contributed by atoms with E-state index in [1.165, 1.54) is 38.5 Å². The number of azo groups is 2. The molecule has 0 aromatic heterocycles. The van der Waals surface area contributed by atoms with E-state index in [9.17, 15) is 17.8 Å². The molecule has 1 atom stereocenters. The van der Waals surface area contributed by atoms with E-state index in [2.05, 4.69) is 48.3 Å². The normalized spacial score (nSPS) is 12.0. The molecule has 4 aromatic rings. The molecule has 20 heteroatoms. The van der Waals surface area contributed by atoms with Crippen LogP contribution in [0.1, 0.15) is 0 Å². The van der Waals surface area contributed by atoms with Crippen LogP contribution in [-0.2, 0) is 30.4 Å². The van der Waals surface area contributed by atoms with Crippen LogP contribution >= 0.6 is 0 Å². The fraction of sp³-hybridized carbons (Fsp3) is 0.0741. The van der Waals surface area contributed by atoms with Gasteiger partial charge in [0.25, 0.3) is 0 Å². The van der Waals surface area contributed by atoms with Crippen molar-refractivity contribution >= 4 is 70.5 Å². The third-order valence-electron chi connectivity index (χ3n) is 5.23. The van der Waals surface area contributed by atoms with Crippen LogP contribution in [0.4, 0.5) is 38.9 Å². The van der Waals surface area contributed by atoms with Gasteiger partial charge in [-0.1, -0.05) is 6.07 Å². The summed E-state index contributed by atoms with van der Waals surface area (Å²) in [5.41, 5.74) is 2.46. The van der Waals surface area contributed by atoms with Gasteiger partial charge in [-0.2, -0.15) is 39.6 Å². The molecule has 236 valence electrons. The monoisotopic (exact) mass is 717 g/mol. The Morgan fingerprint density at radius 3 is 1.64 bits per heavy atom. The number of benzene rings is 4. The Kier molecular flexibility index (Phi) is 17.8. The van der Waals surface area contributed by atoms with E-state index in [0.717, 1.165) is 6.07 Å².